The Morgan fingerprint density at radius 1 is 1.33 bits per heavy atom. The van der Waals surface area contributed by atoms with E-state index < -0.39 is 34.9 Å². The Hall–Kier alpha value is -1.43. The molecule has 0 aromatic heterocycles. The fourth-order valence-electron chi connectivity index (χ4n) is 5.18. The van der Waals surface area contributed by atoms with Gasteiger partial charge in [-0.3, -0.25) is 4.79 Å². The van der Waals surface area contributed by atoms with E-state index in [-0.39, 0.29) is 22.9 Å². The maximum Gasteiger partial charge on any atom is 0.254 e. The average Bonchev–Trinajstić information content (AvgIpc) is 2.85. The van der Waals surface area contributed by atoms with Crippen LogP contribution in [0.25, 0.3) is 0 Å². The molecule has 1 aromatic rings. The van der Waals surface area contributed by atoms with Crippen LogP contribution in [0, 0.1) is 29.0 Å². The van der Waals surface area contributed by atoms with Crippen LogP contribution < -0.4 is 10.5 Å². The number of ether oxygens (including phenoxy) is 1. The smallest absolute Gasteiger partial charge is 0.254 e. The highest BCUT2D eigenvalue weighted by Crippen LogP contribution is 2.70. The predicted molar refractivity (Wildman–Crippen MR) is 81.7 cm³/mol. The van der Waals surface area contributed by atoms with Crippen LogP contribution in [0.4, 0.5) is 13.2 Å². The summed E-state index contributed by atoms with van der Waals surface area (Å²) in [5.41, 5.74) is 4.19. The third-order valence-electron chi connectivity index (χ3n) is 6.09. The lowest BCUT2D eigenvalue weighted by Gasteiger charge is -2.32. The minimum absolute atomic E-state index is 0.0473. The van der Waals surface area contributed by atoms with Gasteiger partial charge in [0.05, 0.1) is 17.2 Å². The van der Waals surface area contributed by atoms with E-state index in [0.717, 1.165) is 18.6 Å². The predicted octanol–water partition coefficient (Wildman–Crippen LogP) is 4.03. The molecule has 4 aliphatic carbocycles. The highest BCUT2D eigenvalue weighted by molar-refractivity contribution is 6.32. The normalized spacial score (nSPS) is 35.4. The van der Waals surface area contributed by atoms with Crippen molar-refractivity contribution in [1.82, 2.24) is 0 Å². The number of benzene rings is 1. The SMILES string of the molecule is NC(=O)c1cc(Cl)c(OCC23CC4CC(C2)C(F)(F)C3C4)cc1F. The van der Waals surface area contributed by atoms with Crippen molar-refractivity contribution in [3.05, 3.63) is 28.5 Å². The lowest BCUT2D eigenvalue weighted by Crippen LogP contribution is -2.36. The Kier molecular flexibility index (Phi) is 3.37. The fourth-order valence-corrected chi connectivity index (χ4v) is 5.39. The average molecular weight is 360 g/mol. The van der Waals surface area contributed by atoms with Crippen molar-refractivity contribution in [3.63, 3.8) is 0 Å². The number of amides is 1. The van der Waals surface area contributed by atoms with Gasteiger partial charge in [-0.25, -0.2) is 13.2 Å². The van der Waals surface area contributed by atoms with Crippen LogP contribution in [-0.4, -0.2) is 18.4 Å². The molecular formula is C17H17ClF3NO2. The van der Waals surface area contributed by atoms with Gasteiger partial charge >= 0.3 is 0 Å². The first-order valence-electron chi connectivity index (χ1n) is 8.02. The number of primary amides is 1. The molecule has 24 heavy (non-hydrogen) atoms. The van der Waals surface area contributed by atoms with Gasteiger partial charge in [0.1, 0.15) is 11.6 Å². The summed E-state index contributed by atoms with van der Waals surface area (Å²) in [6.07, 6.45) is 2.30. The van der Waals surface area contributed by atoms with Gasteiger partial charge in [0.15, 0.2) is 0 Å². The maximum absolute atomic E-state index is 14.4. The molecule has 130 valence electrons. The van der Waals surface area contributed by atoms with E-state index >= 15 is 0 Å². The van der Waals surface area contributed by atoms with E-state index in [4.69, 9.17) is 22.1 Å². The zero-order valence-corrected chi connectivity index (χ0v) is 13.6. The van der Waals surface area contributed by atoms with E-state index in [1.807, 2.05) is 0 Å². The van der Waals surface area contributed by atoms with Gasteiger partial charge in [-0.15, -0.1) is 0 Å². The summed E-state index contributed by atoms with van der Waals surface area (Å²) in [6.45, 7) is 0.0926. The van der Waals surface area contributed by atoms with Gasteiger partial charge in [0.2, 0.25) is 0 Å². The fraction of sp³-hybridized carbons (Fsp3) is 0.588. The van der Waals surface area contributed by atoms with E-state index in [0.29, 0.717) is 25.2 Å². The molecule has 0 spiro atoms. The largest absolute Gasteiger partial charge is 0.491 e. The second kappa shape index (κ2) is 5.04. The third-order valence-corrected chi connectivity index (χ3v) is 6.38. The zero-order valence-electron chi connectivity index (χ0n) is 12.8. The summed E-state index contributed by atoms with van der Waals surface area (Å²) in [5, 5.41) is 0.0473. The molecule has 3 nitrogen and oxygen atoms in total. The first-order valence-corrected chi connectivity index (χ1v) is 8.40. The van der Waals surface area contributed by atoms with Gasteiger partial charge in [-0.2, -0.15) is 0 Å². The molecule has 0 saturated heterocycles. The number of carbonyl (C=O) groups is 1. The van der Waals surface area contributed by atoms with Crippen LogP contribution in [0.15, 0.2) is 12.1 Å². The Morgan fingerprint density at radius 3 is 2.79 bits per heavy atom. The lowest BCUT2D eigenvalue weighted by molar-refractivity contribution is -0.105. The molecule has 7 heteroatoms. The Bertz CT molecular complexity index is 726. The number of rotatable bonds is 4. The van der Waals surface area contributed by atoms with Crippen molar-refractivity contribution in [1.29, 1.82) is 0 Å². The lowest BCUT2D eigenvalue weighted by atomic mass is 9.76. The van der Waals surface area contributed by atoms with E-state index in [1.165, 1.54) is 0 Å². The van der Waals surface area contributed by atoms with E-state index in [2.05, 4.69) is 0 Å². The van der Waals surface area contributed by atoms with E-state index in [1.54, 1.807) is 0 Å². The summed E-state index contributed by atoms with van der Waals surface area (Å²) in [6, 6.07) is 2.11. The number of nitrogens with two attached hydrogens (primary N) is 1. The van der Waals surface area contributed by atoms with Crippen molar-refractivity contribution in [2.45, 2.75) is 31.6 Å². The summed E-state index contributed by atoms with van der Waals surface area (Å²) >= 11 is 6.02. The van der Waals surface area contributed by atoms with Crippen LogP contribution in [0.5, 0.6) is 5.75 Å². The van der Waals surface area contributed by atoms with Crippen LogP contribution >= 0.6 is 11.6 Å². The third kappa shape index (κ3) is 2.15. The summed E-state index contributed by atoms with van der Waals surface area (Å²) in [4.78, 5) is 11.1. The van der Waals surface area contributed by atoms with Gasteiger partial charge in [0.25, 0.3) is 11.8 Å². The minimum Gasteiger partial charge on any atom is -0.491 e. The zero-order chi connectivity index (χ0) is 17.3. The van der Waals surface area contributed by atoms with E-state index in [9.17, 15) is 18.0 Å². The van der Waals surface area contributed by atoms with Crippen LogP contribution in [-0.2, 0) is 0 Å². The molecule has 4 atom stereocenters. The topological polar surface area (TPSA) is 52.3 Å². The molecule has 5 rings (SSSR count). The molecule has 2 N–H and O–H groups in total. The van der Waals surface area contributed by atoms with Crippen molar-refractivity contribution in [2.75, 3.05) is 6.61 Å². The van der Waals surface area contributed by atoms with Gasteiger partial charge < -0.3 is 10.5 Å². The van der Waals surface area contributed by atoms with Crippen molar-refractivity contribution in [3.8, 4) is 5.75 Å². The number of hydrogen-bond acceptors (Lipinski definition) is 2. The summed E-state index contributed by atoms with van der Waals surface area (Å²) in [5.74, 6) is -5.23. The number of hydrogen-bond donors (Lipinski definition) is 1. The van der Waals surface area contributed by atoms with Gasteiger partial charge in [-0.05, 0) is 37.7 Å². The van der Waals surface area contributed by atoms with Crippen LogP contribution in [0.2, 0.25) is 5.02 Å². The van der Waals surface area contributed by atoms with Crippen molar-refractivity contribution in [2.24, 2.45) is 28.9 Å². The number of alkyl halides is 2. The van der Waals surface area contributed by atoms with Gasteiger partial charge in [0, 0.05) is 23.3 Å². The molecule has 4 fully saturated rings. The quantitative estimate of drug-likeness (QED) is 0.882. The Morgan fingerprint density at radius 2 is 2.08 bits per heavy atom. The Labute approximate surface area is 142 Å². The standard InChI is InChI=1S/C17H17ClF3NO2/c18-11-3-10(15(22)23)12(19)4-13(11)24-7-16-5-8-1-9(6-16)17(20,21)14(16)2-8/h3-4,8-9,14H,1-2,5-7H2,(H2,22,23). The first-order chi connectivity index (χ1) is 11.2. The van der Waals surface area contributed by atoms with Crippen LogP contribution in [0.3, 0.4) is 0 Å². The molecule has 0 aliphatic heterocycles. The highest BCUT2D eigenvalue weighted by Gasteiger charge is 2.71. The molecule has 0 radical (unpaired) electrons. The molecule has 1 aromatic carbocycles. The molecule has 4 aliphatic rings. The molecule has 4 unspecified atom stereocenters. The molecular weight excluding hydrogens is 343 g/mol. The minimum atomic E-state index is -2.64. The second-order valence-corrected chi connectivity index (χ2v) is 7.85. The monoisotopic (exact) mass is 359 g/mol. The molecule has 0 heterocycles. The molecule has 1 amide bonds. The van der Waals surface area contributed by atoms with Crippen molar-refractivity contribution >= 4 is 17.5 Å². The van der Waals surface area contributed by atoms with Crippen molar-refractivity contribution < 1.29 is 22.7 Å². The summed E-state index contributed by atoms with van der Waals surface area (Å²) in [7, 11) is 0. The summed E-state index contributed by atoms with van der Waals surface area (Å²) < 4.78 is 48.3. The highest BCUT2D eigenvalue weighted by atomic mass is 35.5. The molecule has 4 saturated carbocycles. The number of carbonyl (C=O) groups excluding carboxylic acids is 1. The van der Waals surface area contributed by atoms with Crippen LogP contribution in [0.1, 0.15) is 36.0 Å². The maximum atomic E-state index is 14.4. The molecule has 4 bridgehead atoms. The Balaban J connectivity index is 1.56. The first kappa shape index (κ1) is 16.1. The van der Waals surface area contributed by atoms with Gasteiger partial charge in [-0.1, -0.05) is 11.6 Å². The number of halogens is 4. The second-order valence-electron chi connectivity index (χ2n) is 7.45.